The lowest BCUT2D eigenvalue weighted by molar-refractivity contribution is 0.409. The number of benzene rings is 1. The van der Waals surface area contributed by atoms with Crippen LogP contribution in [0.5, 0.6) is 5.75 Å². The van der Waals surface area contributed by atoms with Gasteiger partial charge in [-0.1, -0.05) is 18.2 Å². The quantitative estimate of drug-likeness (QED) is 0.860. The van der Waals surface area contributed by atoms with E-state index in [0.29, 0.717) is 10.8 Å². The molecule has 0 bridgehead atoms. The van der Waals surface area contributed by atoms with Crippen molar-refractivity contribution in [3.8, 4) is 5.75 Å². The Hall–Kier alpha value is -1.82. The van der Waals surface area contributed by atoms with E-state index in [2.05, 4.69) is 25.7 Å². The Labute approximate surface area is 123 Å². The molecule has 106 valence electrons. The minimum atomic E-state index is 0.511. The summed E-state index contributed by atoms with van der Waals surface area (Å²) in [5.74, 6) is 1.79. The fourth-order valence-electron chi connectivity index (χ4n) is 2.39. The van der Waals surface area contributed by atoms with E-state index in [4.69, 9.17) is 17.0 Å². The molecular weight excluding hydrogens is 272 g/mol. The number of anilines is 1. The number of rotatable bonds is 5. The second kappa shape index (κ2) is 5.28. The van der Waals surface area contributed by atoms with Gasteiger partial charge in [-0.05, 0) is 31.1 Å². The first-order valence-electron chi connectivity index (χ1n) is 6.70. The van der Waals surface area contributed by atoms with Crippen molar-refractivity contribution in [2.45, 2.75) is 25.4 Å². The molecule has 0 radical (unpaired) electrons. The zero-order chi connectivity index (χ0) is 14.1. The van der Waals surface area contributed by atoms with E-state index in [1.807, 2.05) is 25.2 Å². The highest BCUT2D eigenvalue weighted by Gasteiger charge is 2.28. The summed E-state index contributed by atoms with van der Waals surface area (Å²) < 4.78 is 8.21. The normalized spacial score (nSPS) is 14.3. The van der Waals surface area contributed by atoms with Gasteiger partial charge >= 0.3 is 0 Å². The summed E-state index contributed by atoms with van der Waals surface area (Å²) in [6, 6.07) is 8.54. The van der Waals surface area contributed by atoms with Gasteiger partial charge in [0.05, 0.1) is 7.11 Å². The van der Waals surface area contributed by atoms with Crippen molar-refractivity contribution in [3.05, 3.63) is 34.6 Å². The molecule has 0 amide bonds. The van der Waals surface area contributed by atoms with Crippen molar-refractivity contribution in [1.82, 2.24) is 14.8 Å². The molecule has 1 aliphatic rings. The third-order valence-electron chi connectivity index (χ3n) is 3.54. The predicted molar refractivity (Wildman–Crippen MR) is 80.8 cm³/mol. The van der Waals surface area contributed by atoms with E-state index in [1.165, 1.54) is 12.8 Å². The number of methoxy groups -OCH3 is 1. The molecule has 2 aromatic rings. The van der Waals surface area contributed by atoms with Crippen molar-refractivity contribution in [1.29, 1.82) is 0 Å². The van der Waals surface area contributed by atoms with E-state index >= 15 is 0 Å². The van der Waals surface area contributed by atoms with Crippen molar-refractivity contribution < 1.29 is 4.74 Å². The zero-order valence-corrected chi connectivity index (χ0v) is 12.5. The van der Waals surface area contributed by atoms with E-state index in [9.17, 15) is 0 Å². The highest BCUT2D eigenvalue weighted by Crippen LogP contribution is 2.38. The summed E-state index contributed by atoms with van der Waals surface area (Å²) in [6.07, 6.45) is 2.37. The van der Waals surface area contributed by atoms with Crippen molar-refractivity contribution in [3.63, 3.8) is 0 Å². The van der Waals surface area contributed by atoms with Gasteiger partial charge in [0.1, 0.15) is 5.75 Å². The fourth-order valence-corrected chi connectivity index (χ4v) is 2.66. The minimum Gasteiger partial charge on any atom is -0.496 e. The van der Waals surface area contributed by atoms with E-state index in [-0.39, 0.29) is 0 Å². The Kier molecular flexibility index (Phi) is 3.48. The van der Waals surface area contributed by atoms with Crippen LogP contribution in [-0.4, -0.2) is 28.9 Å². The van der Waals surface area contributed by atoms with Crippen LogP contribution in [0.2, 0.25) is 0 Å². The molecule has 0 aliphatic heterocycles. The highest BCUT2D eigenvalue weighted by molar-refractivity contribution is 7.71. The van der Waals surface area contributed by atoms with Crippen LogP contribution in [0.15, 0.2) is 24.3 Å². The predicted octanol–water partition coefficient (Wildman–Crippen LogP) is 2.92. The van der Waals surface area contributed by atoms with Crippen LogP contribution in [0, 0.1) is 4.77 Å². The van der Waals surface area contributed by atoms with E-state index in [0.717, 1.165) is 23.8 Å². The van der Waals surface area contributed by atoms with Gasteiger partial charge in [-0.25, -0.2) is 5.10 Å². The molecule has 0 spiro atoms. The lowest BCUT2D eigenvalue weighted by Gasteiger charge is -2.20. The standard InChI is InChI=1S/C14H18N4OS/c1-17(9-10-5-3-4-6-12(10)19-2)13-15-16-14(20)18(13)11-7-8-11/h3-6,11H,7-9H2,1-2H3,(H,16,20). The number of ether oxygens (including phenoxy) is 1. The average Bonchev–Trinajstić information content (AvgIpc) is 3.22. The fraction of sp³-hybridized carbons (Fsp3) is 0.429. The molecule has 1 saturated carbocycles. The summed E-state index contributed by atoms with van der Waals surface area (Å²) in [5, 5.41) is 7.26. The number of H-pyrrole nitrogens is 1. The molecule has 3 rings (SSSR count). The molecule has 6 heteroatoms. The van der Waals surface area contributed by atoms with Gasteiger partial charge in [-0.15, -0.1) is 5.10 Å². The summed E-state index contributed by atoms with van der Waals surface area (Å²) in [7, 11) is 3.72. The average molecular weight is 290 g/mol. The molecule has 5 nitrogen and oxygen atoms in total. The van der Waals surface area contributed by atoms with Crippen LogP contribution >= 0.6 is 12.2 Å². The molecule has 0 saturated heterocycles. The Balaban J connectivity index is 1.86. The van der Waals surface area contributed by atoms with Gasteiger partial charge in [0.2, 0.25) is 5.95 Å². The molecule has 20 heavy (non-hydrogen) atoms. The second-order valence-electron chi connectivity index (χ2n) is 5.10. The highest BCUT2D eigenvalue weighted by atomic mass is 32.1. The smallest absolute Gasteiger partial charge is 0.226 e. The van der Waals surface area contributed by atoms with Crippen molar-refractivity contribution in [2.75, 3.05) is 19.1 Å². The molecule has 1 aliphatic carbocycles. The first-order chi connectivity index (χ1) is 9.70. The molecule has 1 heterocycles. The van der Waals surface area contributed by atoms with Crippen LogP contribution < -0.4 is 9.64 Å². The Morgan fingerprint density at radius 1 is 1.45 bits per heavy atom. The minimum absolute atomic E-state index is 0.511. The number of aromatic nitrogens is 3. The molecule has 1 aromatic carbocycles. The maximum Gasteiger partial charge on any atom is 0.226 e. The van der Waals surface area contributed by atoms with Gasteiger partial charge in [-0.2, -0.15) is 0 Å². The third kappa shape index (κ3) is 2.43. The Morgan fingerprint density at radius 2 is 2.20 bits per heavy atom. The molecule has 1 aromatic heterocycles. The molecule has 1 N–H and O–H groups in total. The molecular formula is C14H18N4OS. The van der Waals surface area contributed by atoms with Gasteiger partial charge < -0.3 is 9.64 Å². The molecule has 1 fully saturated rings. The van der Waals surface area contributed by atoms with E-state index in [1.54, 1.807) is 7.11 Å². The maximum absolute atomic E-state index is 5.40. The summed E-state index contributed by atoms with van der Waals surface area (Å²) >= 11 is 5.32. The van der Waals surface area contributed by atoms with Gasteiger partial charge in [-0.3, -0.25) is 4.57 Å². The monoisotopic (exact) mass is 290 g/mol. The molecule has 0 atom stereocenters. The number of hydrogen-bond donors (Lipinski definition) is 1. The Morgan fingerprint density at radius 3 is 2.90 bits per heavy atom. The third-order valence-corrected chi connectivity index (χ3v) is 3.83. The van der Waals surface area contributed by atoms with Gasteiger partial charge in [0.15, 0.2) is 4.77 Å². The number of nitrogens with zero attached hydrogens (tertiary/aromatic N) is 3. The topological polar surface area (TPSA) is 46.1 Å². The zero-order valence-electron chi connectivity index (χ0n) is 11.7. The van der Waals surface area contributed by atoms with Crippen molar-refractivity contribution >= 4 is 18.2 Å². The summed E-state index contributed by atoms with van der Waals surface area (Å²) in [5.41, 5.74) is 1.13. The number of nitrogens with one attached hydrogen (secondary N) is 1. The Bertz CT molecular complexity index is 659. The number of hydrogen-bond acceptors (Lipinski definition) is 4. The maximum atomic E-state index is 5.40. The summed E-state index contributed by atoms with van der Waals surface area (Å²) in [6.45, 7) is 0.732. The van der Waals surface area contributed by atoms with Crippen LogP contribution in [0.25, 0.3) is 0 Å². The van der Waals surface area contributed by atoms with Gasteiger partial charge in [0.25, 0.3) is 0 Å². The lowest BCUT2D eigenvalue weighted by Crippen LogP contribution is -2.21. The number of aromatic amines is 1. The number of para-hydroxylation sites is 1. The largest absolute Gasteiger partial charge is 0.496 e. The van der Waals surface area contributed by atoms with Crippen LogP contribution in [0.4, 0.5) is 5.95 Å². The van der Waals surface area contributed by atoms with Crippen LogP contribution in [0.1, 0.15) is 24.4 Å². The van der Waals surface area contributed by atoms with Crippen LogP contribution in [0.3, 0.4) is 0 Å². The van der Waals surface area contributed by atoms with Crippen molar-refractivity contribution in [2.24, 2.45) is 0 Å². The second-order valence-corrected chi connectivity index (χ2v) is 5.48. The SMILES string of the molecule is COc1ccccc1CN(C)c1n[nH]c(=S)n1C1CC1. The first-order valence-corrected chi connectivity index (χ1v) is 7.11. The molecule has 0 unspecified atom stereocenters. The van der Waals surface area contributed by atoms with E-state index < -0.39 is 0 Å². The summed E-state index contributed by atoms with van der Waals surface area (Å²) in [4.78, 5) is 2.10. The lowest BCUT2D eigenvalue weighted by atomic mass is 10.2. The van der Waals surface area contributed by atoms with Crippen LogP contribution in [-0.2, 0) is 6.54 Å². The van der Waals surface area contributed by atoms with Gasteiger partial charge in [0, 0.05) is 25.2 Å². The first kappa shape index (κ1) is 13.2.